The topological polar surface area (TPSA) is 88.7 Å². The van der Waals surface area contributed by atoms with Crippen LogP contribution < -0.4 is 16.0 Å². The lowest BCUT2D eigenvalue weighted by Crippen LogP contribution is -2.38. The number of carbonyl (C=O) groups excluding carboxylic acids is 2. The zero-order valence-electron chi connectivity index (χ0n) is 18.4. The molecule has 0 aromatic heterocycles. The first-order valence-corrected chi connectivity index (χ1v) is 10.6. The lowest BCUT2D eigenvalue weighted by molar-refractivity contribution is 0.0528. The quantitative estimate of drug-likeness (QED) is 0.562. The molecule has 166 valence electrons. The van der Waals surface area contributed by atoms with E-state index in [1.165, 1.54) is 22.3 Å². The molecule has 0 aliphatic heterocycles. The Bertz CT molecular complexity index is 862. The van der Waals surface area contributed by atoms with Crippen LogP contribution in [0.5, 0.6) is 0 Å². The Labute approximate surface area is 183 Å². The van der Waals surface area contributed by atoms with Crippen molar-refractivity contribution < 1.29 is 19.1 Å². The molecule has 2 aromatic carbocycles. The third-order valence-corrected chi connectivity index (χ3v) is 4.88. The van der Waals surface area contributed by atoms with Gasteiger partial charge in [0.05, 0.1) is 0 Å². The smallest absolute Gasteiger partial charge is 0.407 e. The van der Waals surface area contributed by atoms with Gasteiger partial charge >= 0.3 is 12.2 Å². The summed E-state index contributed by atoms with van der Waals surface area (Å²) in [6.07, 6.45) is -0.874. The molecule has 7 heteroatoms. The molecular formula is C24H31N3O4. The molecule has 0 bridgehead atoms. The summed E-state index contributed by atoms with van der Waals surface area (Å²) in [6.45, 7) is 7.78. The van der Waals surface area contributed by atoms with E-state index in [9.17, 15) is 9.59 Å². The summed E-state index contributed by atoms with van der Waals surface area (Å²) in [5, 5.41) is 8.56. The van der Waals surface area contributed by atoms with E-state index < -0.39 is 17.8 Å². The zero-order chi connectivity index (χ0) is 22.3. The number of alkyl carbamates (subject to hydrolysis) is 2. The Balaban J connectivity index is 1.33. The first-order chi connectivity index (χ1) is 14.8. The number of nitrogens with one attached hydrogen (secondary N) is 3. The van der Waals surface area contributed by atoms with Gasteiger partial charge in [0.1, 0.15) is 12.2 Å². The minimum atomic E-state index is -0.509. The molecule has 0 unspecified atom stereocenters. The molecular weight excluding hydrogens is 394 g/mol. The van der Waals surface area contributed by atoms with E-state index in [1.54, 1.807) is 0 Å². The third-order valence-electron chi connectivity index (χ3n) is 4.88. The first kappa shape index (κ1) is 22.6. The number of carbonyl (C=O) groups is 2. The van der Waals surface area contributed by atoms with E-state index in [0.717, 1.165) is 0 Å². The van der Waals surface area contributed by atoms with Crippen LogP contribution in [-0.4, -0.2) is 50.6 Å². The van der Waals surface area contributed by atoms with Crippen LogP contribution in [0.4, 0.5) is 9.59 Å². The van der Waals surface area contributed by atoms with Crippen molar-refractivity contribution >= 4 is 12.2 Å². The molecule has 3 N–H and O–H groups in total. The molecule has 7 nitrogen and oxygen atoms in total. The summed E-state index contributed by atoms with van der Waals surface area (Å²) in [6, 6.07) is 16.5. The van der Waals surface area contributed by atoms with Crippen LogP contribution in [-0.2, 0) is 9.47 Å². The predicted molar refractivity (Wildman–Crippen MR) is 120 cm³/mol. The van der Waals surface area contributed by atoms with Crippen molar-refractivity contribution in [3.8, 4) is 11.1 Å². The number of hydrogen-bond donors (Lipinski definition) is 3. The second-order valence-electron chi connectivity index (χ2n) is 8.43. The molecule has 1 aliphatic carbocycles. The molecule has 0 spiro atoms. The van der Waals surface area contributed by atoms with Gasteiger partial charge in [-0.25, -0.2) is 9.59 Å². The van der Waals surface area contributed by atoms with Crippen LogP contribution in [0.25, 0.3) is 11.1 Å². The van der Waals surface area contributed by atoms with Gasteiger partial charge in [-0.1, -0.05) is 48.5 Å². The van der Waals surface area contributed by atoms with E-state index in [1.807, 2.05) is 45.0 Å². The van der Waals surface area contributed by atoms with Gasteiger partial charge in [-0.05, 0) is 43.0 Å². The van der Waals surface area contributed by atoms with Gasteiger partial charge in [-0.2, -0.15) is 0 Å². The Hall–Kier alpha value is -3.06. The van der Waals surface area contributed by atoms with Crippen molar-refractivity contribution in [3.05, 3.63) is 59.7 Å². The van der Waals surface area contributed by atoms with E-state index in [2.05, 4.69) is 40.2 Å². The first-order valence-electron chi connectivity index (χ1n) is 10.6. The number of fused-ring (bicyclic) bond motifs is 3. The van der Waals surface area contributed by atoms with Crippen LogP contribution in [0.2, 0.25) is 0 Å². The number of ether oxygens (including phenoxy) is 2. The minimum absolute atomic E-state index is 0.0511. The van der Waals surface area contributed by atoms with Crippen molar-refractivity contribution in [2.45, 2.75) is 32.3 Å². The highest BCUT2D eigenvalue weighted by atomic mass is 16.6. The molecule has 2 amide bonds. The highest BCUT2D eigenvalue weighted by Crippen LogP contribution is 2.44. The molecule has 1 aliphatic rings. The molecule has 0 heterocycles. The van der Waals surface area contributed by atoms with E-state index in [4.69, 9.17) is 9.47 Å². The fraction of sp³-hybridized carbons (Fsp3) is 0.417. The van der Waals surface area contributed by atoms with Crippen LogP contribution >= 0.6 is 0 Å². The zero-order valence-corrected chi connectivity index (χ0v) is 18.4. The lowest BCUT2D eigenvalue weighted by Gasteiger charge is -2.19. The summed E-state index contributed by atoms with van der Waals surface area (Å²) in [4.78, 5) is 23.6. The summed E-state index contributed by atoms with van der Waals surface area (Å²) in [5.74, 6) is 0.0511. The number of benzene rings is 2. The second-order valence-corrected chi connectivity index (χ2v) is 8.43. The Morgan fingerprint density at radius 3 is 1.87 bits per heavy atom. The molecule has 0 radical (unpaired) electrons. The third kappa shape index (κ3) is 6.46. The van der Waals surface area contributed by atoms with Gasteiger partial charge in [-0.3, -0.25) is 0 Å². The summed E-state index contributed by atoms with van der Waals surface area (Å²) >= 11 is 0. The Morgan fingerprint density at radius 2 is 1.32 bits per heavy atom. The van der Waals surface area contributed by atoms with Gasteiger partial charge in [0.15, 0.2) is 0 Å². The van der Waals surface area contributed by atoms with Crippen LogP contribution in [0.15, 0.2) is 48.5 Å². The number of rotatable bonds is 8. The predicted octanol–water partition coefficient (Wildman–Crippen LogP) is 3.64. The average molecular weight is 426 g/mol. The lowest BCUT2D eigenvalue weighted by atomic mass is 9.98. The van der Waals surface area contributed by atoms with Crippen molar-refractivity contribution in [2.24, 2.45) is 0 Å². The van der Waals surface area contributed by atoms with Crippen molar-refractivity contribution in [2.75, 3.05) is 32.8 Å². The Morgan fingerprint density at radius 1 is 0.806 bits per heavy atom. The van der Waals surface area contributed by atoms with Crippen molar-refractivity contribution in [1.29, 1.82) is 0 Å². The SMILES string of the molecule is CC(C)(C)OC(=O)NCCNCCNC(=O)OCC1c2ccccc2-c2ccccc21. The van der Waals surface area contributed by atoms with Crippen LogP contribution in [0.1, 0.15) is 37.8 Å². The largest absolute Gasteiger partial charge is 0.449 e. The number of hydrogen-bond acceptors (Lipinski definition) is 5. The molecule has 0 fully saturated rings. The maximum absolute atomic E-state index is 12.1. The van der Waals surface area contributed by atoms with Crippen LogP contribution in [0.3, 0.4) is 0 Å². The molecule has 0 saturated heterocycles. The molecule has 0 atom stereocenters. The van der Waals surface area contributed by atoms with Gasteiger partial charge in [0.25, 0.3) is 0 Å². The van der Waals surface area contributed by atoms with Gasteiger partial charge in [0.2, 0.25) is 0 Å². The average Bonchev–Trinajstić information content (AvgIpc) is 3.04. The molecule has 2 aromatic rings. The van der Waals surface area contributed by atoms with E-state index >= 15 is 0 Å². The van der Waals surface area contributed by atoms with Gasteiger partial charge in [0, 0.05) is 32.1 Å². The molecule has 31 heavy (non-hydrogen) atoms. The summed E-state index contributed by atoms with van der Waals surface area (Å²) in [5.41, 5.74) is 4.28. The van der Waals surface area contributed by atoms with Gasteiger partial charge in [-0.15, -0.1) is 0 Å². The van der Waals surface area contributed by atoms with Crippen molar-refractivity contribution in [3.63, 3.8) is 0 Å². The minimum Gasteiger partial charge on any atom is -0.449 e. The summed E-state index contributed by atoms with van der Waals surface area (Å²) in [7, 11) is 0. The van der Waals surface area contributed by atoms with E-state index in [-0.39, 0.29) is 5.92 Å². The normalized spacial score (nSPS) is 12.6. The second kappa shape index (κ2) is 10.3. The highest BCUT2D eigenvalue weighted by Gasteiger charge is 2.28. The van der Waals surface area contributed by atoms with Crippen molar-refractivity contribution in [1.82, 2.24) is 16.0 Å². The van der Waals surface area contributed by atoms with Crippen LogP contribution in [0, 0.1) is 0 Å². The number of amides is 2. The fourth-order valence-corrected chi connectivity index (χ4v) is 3.59. The Kier molecular flexibility index (Phi) is 7.52. The molecule has 0 saturated carbocycles. The molecule has 3 rings (SSSR count). The maximum atomic E-state index is 12.1. The standard InChI is InChI=1S/C24H31N3O4/c1-24(2,3)31-23(29)27-15-13-25-12-14-26-22(28)30-16-21-19-10-6-4-8-17(19)18-9-5-7-11-20(18)21/h4-11,21,25H,12-16H2,1-3H3,(H,26,28)(H,27,29). The van der Waals surface area contributed by atoms with E-state index in [0.29, 0.717) is 32.8 Å². The fourth-order valence-electron chi connectivity index (χ4n) is 3.59. The monoisotopic (exact) mass is 425 g/mol. The van der Waals surface area contributed by atoms with Gasteiger partial charge < -0.3 is 25.4 Å². The summed E-state index contributed by atoms with van der Waals surface area (Å²) < 4.78 is 10.7. The maximum Gasteiger partial charge on any atom is 0.407 e. The highest BCUT2D eigenvalue weighted by molar-refractivity contribution is 5.79.